The molecule has 0 radical (unpaired) electrons. The van der Waals surface area contributed by atoms with E-state index in [1.807, 2.05) is 13.8 Å². The summed E-state index contributed by atoms with van der Waals surface area (Å²) in [5, 5.41) is 11.4. The first-order chi connectivity index (χ1) is 20.9. The van der Waals surface area contributed by atoms with Gasteiger partial charge < -0.3 is 26.2 Å². The highest BCUT2D eigenvalue weighted by Crippen LogP contribution is 2.65. The molecule has 3 fully saturated rings. The highest BCUT2D eigenvalue weighted by atomic mass is 16.2. The normalized spacial score (nSPS) is 24.0. The summed E-state index contributed by atoms with van der Waals surface area (Å²) >= 11 is 0. The molecule has 2 aliphatic carbocycles. The van der Waals surface area contributed by atoms with Crippen molar-refractivity contribution in [2.24, 2.45) is 28.6 Å². The molecular formula is C35H57N5O5. The summed E-state index contributed by atoms with van der Waals surface area (Å²) in [4.78, 5) is 69.0. The molecule has 2 saturated carbocycles. The molecule has 0 aromatic rings. The number of urea groups is 1. The molecule has 5 atom stereocenters. The second-order valence-electron chi connectivity index (χ2n) is 15.8. The van der Waals surface area contributed by atoms with E-state index in [4.69, 9.17) is 0 Å². The molecule has 1 heterocycles. The van der Waals surface area contributed by atoms with Gasteiger partial charge in [0.1, 0.15) is 12.1 Å². The van der Waals surface area contributed by atoms with Crippen LogP contribution in [0.5, 0.6) is 0 Å². The lowest BCUT2D eigenvalue weighted by Crippen LogP contribution is -2.61. The van der Waals surface area contributed by atoms with E-state index in [1.54, 1.807) is 11.0 Å². The second-order valence-corrected chi connectivity index (χ2v) is 15.8. The molecule has 10 heteroatoms. The number of rotatable bonds is 14. The van der Waals surface area contributed by atoms with Crippen LogP contribution in [0.25, 0.3) is 0 Å². The van der Waals surface area contributed by atoms with Gasteiger partial charge in [-0.3, -0.25) is 19.2 Å². The van der Waals surface area contributed by atoms with Crippen LogP contribution in [-0.4, -0.2) is 71.2 Å². The number of likely N-dealkylation sites (tertiary alicyclic amines) is 1. The fourth-order valence-corrected chi connectivity index (χ4v) is 7.92. The van der Waals surface area contributed by atoms with Crippen molar-refractivity contribution in [3.05, 3.63) is 25.3 Å². The minimum Gasteiger partial charge on any atom is -0.346 e. The third-order valence-electron chi connectivity index (χ3n) is 9.78. The Bertz CT molecular complexity index is 1150. The second kappa shape index (κ2) is 14.5. The van der Waals surface area contributed by atoms with Crippen LogP contribution in [-0.2, 0) is 19.2 Å². The van der Waals surface area contributed by atoms with Crippen molar-refractivity contribution in [2.75, 3.05) is 13.1 Å². The quantitative estimate of drug-likeness (QED) is 0.169. The summed E-state index contributed by atoms with van der Waals surface area (Å²) < 4.78 is 0. The zero-order chi connectivity index (χ0) is 33.7. The van der Waals surface area contributed by atoms with Gasteiger partial charge in [0, 0.05) is 18.6 Å². The molecule has 1 unspecified atom stereocenters. The Balaban J connectivity index is 1.85. The Morgan fingerprint density at radius 3 is 2.18 bits per heavy atom. The lowest BCUT2D eigenvalue weighted by Gasteiger charge is -2.38. The third-order valence-corrected chi connectivity index (χ3v) is 9.78. The van der Waals surface area contributed by atoms with Crippen molar-refractivity contribution < 1.29 is 24.0 Å². The molecule has 45 heavy (non-hydrogen) atoms. The molecule has 0 aromatic heterocycles. The molecule has 0 aromatic carbocycles. The fourth-order valence-electron chi connectivity index (χ4n) is 7.92. The van der Waals surface area contributed by atoms with Gasteiger partial charge in [-0.1, -0.05) is 66.0 Å². The van der Waals surface area contributed by atoms with E-state index in [9.17, 15) is 24.0 Å². The van der Waals surface area contributed by atoms with E-state index >= 15 is 0 Å². The minimum atomic E-state index is -1.05. The number of allylic oxidation sites excluding steroid dienone is 1. The standard InChI is InChI=1S/C35H57N5O5/c1-10-12-18-24(28(41)30(43)36-19-11-2)37-29(42)27-25-23(35(25,8)9)20-40(27)31(44)26(22-16-14-13-15-17-22)38-32(45)39-34(6,7)21-33(3,4)5/h10-11,22-27H,1-2,12-21H2,3-9H3,(H,36,43)(H,37,42)(H2,38,39,45)/t23?,24-,25+,26+,27+/m1/s1. The Labute approximate surface area is 270 Å². The molecule has 0 spiro atoms. The van der Waals surface area contributed by atoms with Gasteiger partial charge in [-0.25, -0.2) is 4.79 Å². The number of hydrogen-bond acceptors (Lipinski definition) is 5. The number of nitrogens with zero attached hydrogens (tertiary/aromatic N) is 1. The first kappa shape index (κ1) is 36.3. The minimum absolute atomic E-state index is 0.00340. The van der Waals surface area contributed by atoms with E-state index in [2.05, 4.69) is 69.0 Å². The predicted octanol–water partition coefficient (Wildman–Crippen LogP) is 4.25. The Hall–Kier alpha value is -3.17. The Morgan fingerprint density at radius 2 is 1.60 bits per heavy atom. The number of fused-ring (bicyclic) bond motifs is 1. The molecule has 4 N–H and O–H groups in total. The van der Waals surface area contributed by atoms with Crippen LogP contribution in [0, 0.1) is 28.6 Å². The van der Waals surface area contributed by atoms with Crippen molar-refractivity contribution in [1.29, 1.82) is 0 Å². The molecule has 3 aliphatic rings. The summed E-state index contributed by atoms with van der Waals surface area (Å²) in [5.74, 6) is -2.24. The van der Waals surface area contributed by atoms with Crippen molar-refractivity contribution in [3.8, 4) is 0 Å². The number of ketones is 1. The van der Waals surface area contributed by atoms with Gasteiger partial charge in [0.2, 0.25) is 17.6 Å². The number of Topliss-reactive ketones (excluding diaryl/α,β-unsaturated/α-hetero) is 1. The molecule has 1 saturated heterocycles. The van der Waals surface area contributed by atoms with Crippen molar-refractivity contribution >= 4 is 29.5 Å². The van der Waals surface area contributed by atoms with Crippen molar-refractivity contribution in [3.63, 3.8) is 0 Å². The number of amides is 5. The van der Waals surface area contributed by atoms with Crippen LogP contribution in [0.3, 0.4) is 0 Å². The molecule has 3 rings (SSSR count). The largest absolute Gasteiger partial charge is 0.346 e. The summed E-state index contributed by atoms with van der Waals surface area (Å²) in [6, 6.07) is -3.02. The van der Waals surface area contributed by atoms with Crippen LogP contribution in [0.15, 0.2) is 25.3 Å². The summed E-state index contributed by atoms with van der Waals surface area (Å²) in [6.07, 6.45) is 9.19. The van der Waals surface area contributed by atoms with Crippen LogP contribution in [0.1, 0.15) is 99.8 Å². The topological polar surface area (TPSA) is 137 Å². The number of piperidine rings is 1. The average Bonchev–Trinajstić information content (AvgIpc) is 3.27. The molecular weight excluding hydrogens is 570 g/mol. The first-order valence-corrected chi connectivity index (χ1v) is 16.7. The molecule has 0 bridgehead atoms. The Kier molecular flexibility index (Phi) is 11.7. The van der Waals surface area contributed by atoms with E-state index in [1.165, 1.54) is 6.08 Å². The van der Waals surface area contributed by atoms with E-state index in [0.717, 1.165) is 38.5 Å². The van der Waals surface area contributed by atoms with Gasteiger partial charge in [0.05, 0.1) is 6.04 Å². The average molecular weight is 628 g/mol. The highest BCUT2D eigenvalue weighted by molar-refractivity contribution is 6.38. The van der Waals surface area contributed by atoms with Gasteiger partial charge in [-0.05, 0) is 74.5 Å². The van der Waals surface area contributed by atoms with E-state index < -0.39 is 41.3 Å². The molecule has 252 valence electrons. The fraction of sp³-hybridized carbons (Fsp3) is 0.743. The zero-order valence-corrected chi connectivity index (χ0v) is 28.6. The van der Waals surface area contributed by atoms with Crippen LogP contribution >= 0.6 is 0 Å². The SMILES string of the molecule is C=CCC[C@@H](NC(=O)[C@@H]1[C@@H]2C(CN1C(=O)[C@@H](NC(=O)NC(C)(C)CC(C)(C)C)C1CCCCC1)C2(C)C)C(=O)C(=O)NCC=C. The number of carbonyl (C=O) groups is 5. The maximum Gasteiger partial charge on any atom is 0.315 e. The summed E-state index contributed by atoms with van der Waals surface area (Å²) in [7, 11) is 0. The van der Waals surface area contributed by atoms with Gasteiger partial charge >= 0.3 is 6.03 Å². The van der Waals surface area contributed by atoms with Crippen LogP contribution < -0.4 is 21.3 Å². The monoisotopic (exact) mass is 627 g/mol. The third kappa shape index (κ3) is 9.19. The van der Waals surface area contributed by atoms with Crippen LogP contribution in [0.4, 0.5) is 4.79 Å². The summed E-state index contributed by atoms with van der Waals surface area (Å²) in [5.41, 5.74) is -0.644. The summed E-state index contributed by atoms with van der Waals surface area (Å²) in [6.45, 7) is 22.3. The van der Waals surface area contributed by atoms with Gasteiger partial charge in [-0.15, -0.1) is 13.2 Å². The lowest BCUT2D eigenvalue weighted by molar-refractivity contribution is -0.144. The first-order valence-electron chi connectivity index (χ1n) is 16.7. The zero-order valence-electron chi connectivity index (χ0n) is 28.6. The smallest absolute Gasteiger partial charge is 0.315 e. The van der Waals surface area contributed by atoms with Crippen molar-refractivity contribution in [1.82, 2.24) is 26.2 Å². The number of hydrogen-bond donors (Lipinski definition) is 4. The number of nitrogens with one attached hydrogen (secondary N) is 4. The molecule has 1 aliphatic heterocycles. The van der Waals surface area contributed by atoms with Gasteiger partial charge in [-0.2, -0.15) is 0 Å². The lowest BCUT2D eigenvalue weighted by atomic mass is 9.81. The molecule has 5 amide bonds. The van der Waals surface area contributed by atoms with E-state index in [0.29, 0.717) is 13.0 Å². The van der Waals surface area contributed by atoms with Gasteiger partial charge in [0.25, 0.3) is 5.91 Å². The van der Waals surface area contributed by atoms with Crippen molar-refractivity contribution in [2.45, 2.75) is 123 Å². The maximum absolute atomic E-state index is 14.4. The van der Waals surface area contributed by atoms with Crippen LogP contribution in [0.2, 0.25) is 0 Å². The predicted molar refractivity (Wildman–Crippen MR) is 176 cm³/mol. The molecule has 10 nitrogen and oxygen atoms in total. The van der Waals surface area contributed by atoms with E-state index in [-0.39, 0.29) is 53.5 Å². The van der Waals surface area contributed by atoms with Gasteiger partial charge in [0.15, 0.2) is 0 Å². The maximum atomic E-state index is 14.4. The number of carbonyl (C=O) groups excluding carboxylic acids is 5. The highest BCUT2D eigenvalue weighted by Gasteiger charge is 2.69. The Morgan fingerprint density at radius 1 is 0.956 bits per heavy atom.